The van der Waals surface area contributed by atoms with E-state index in [1.165, 1.54) is 24.0 Å². The van der Waals surface area contributed by atoms with Crippen molar-refractivity contribution in [2.24, 2.45) is 5.92 Å². The Morgan fingerprint density at radius 1 is 1.46 bits per heavy atom. The van der Waals surface area contributed by atoms with Crippen molar-refractivity contribution in [1.82, 2.24) is 25.0 Å². The zero-order valence-corrected chi connectivity index (χ0v) is 14.9. The van der Waals surface area contributed by atoms with Crippen molar-refractivity contribution >= 4 is 17.2 Å². The fourth-order valence-corrected chi connectivity index (χ4v) is 3.95. The largest absolute Gasteiger partial charge is 0.354 e. The van der Waals surface area contributed by atoms with Crippen LogP contribution in [0.15, 0.2) is 30.2 Å². The predicted molar refractivity (Wildman–Crippen MR) is 94.7 cm³/mol. The van der Waals surface area contributed by atoms with E-state index < -0.39 is 0 Å². The number of thiophene rings is 1. The van der Waals surface area contributed by atoms with Crippen molar-refractivity contribution in [2.45, 2.75) is 38.8 Å². The summed E-state index contributed by atoms with van der Waals surface area (Å²) in [5.41, 5.74) is 0. The first kappa shape index (κ1) is 17.1. The van der Waals surface area contributed by atoms with Gasteiger partial charge < -0.3 is 5.32 Å². The fraction of sp³-hybridized carbons (Fsp3) is 0.588. The molecule has 3 rings (SSSR count). The highest BCUT2D eigenvalue weighted by atomic mass is 32.1. The van der Waals surface area contributed by atoms with E-state index in [1.54, 1.807) is 22.3 Å². The molecule has 1 amide bonds. The summed E-state index contributed by atoms with van der Waals surface area (Å²) in [6.45, 7) is 5.78. The van der Waals surface area contributed by atoms with Crippen LogP contribution in [0, 0.1) is 5.92 Å². The van der Waals surface area contributed by atoms with Crippen LogP contribution in [0.25, 0.3) is 0 Å². The Morgan fingerprint density at radius 3 is 2.96 bits per heavy atom. The molecule has 0 aliphatic carbocycles. The Labute approximate surface area is 146 Å². The number of hydrogen-bond acceptors (Lipinski definition) is 5. The van der Waals surface area contributed by atoms with Crippen molar-refractivity contribution in [2.75, 3.05) is 19.6 Å². The van der Waals surface area contributed by atoms with Crippen LogP contribution < -0.4 is 5.32 Å². The minimum Gasteiger partial charge on any atom is -0.354 e. The van der Waals surface area contributed by atoms with Gasteiger partial charge in [0.25, 0.3) is 0 Å². The van der Waals surface area contributed by atoms with Crippen molar-refractivity contribution in [3.05, 3.63) is 35.0 Å². The fourth-order valence-electron chi connectivity index (χ4n) is 3.09. The van der Waals surface area contributed by atoms with Crippen LogP contribution in [-0.4, -0.2) is 45.2 Å². The minimum atomic E-state index is 0.0671. The summed E-state index contributed by atoms with van der Waals surface area (Å²) in [6, 6.07) is 4.55. The maximum atomic E-state index is 12.2. The lowest BCUT2D eigenvalue weighted by molar-refractivity contribution is -0.121. The van der Waals surface area contributed by atoms with Gasteiger partial charge in [0.2, 0.25) is 5.91 Å². The summed E-state index contributed by atoms with van der Waals surface area (Å²) >= 11 is 1.77. The molecular formula is C17H25N5OS. The molecule has 0 spiro atoms. The van der Waals surface area contributed by atoms with Gasteiger partial charge in [0, 0.05) is 17.8 Å². The first-order valence-electron chi connectivity index (χ1n) is 8.59. The zero-order chi connectivity index (χ0) is 16.8. The smallest absolute Gasteiger partial charge is 0.221 e. The number of piperidine rings is 1. The molecule has 1 N–H and O–H groups in total. The molecular weight excluding hydrogens is 322 g/mol. The second-order valence-corrected chi connectivity index (χ2v) is 7.44. The number of carbonyl (C=O) groups is 1. The molecule has 1 saturated heterocycles. The third kappa shape index (κ3) is 4.64. The van der Waals surface area contributed by atoms with Gasteiger partial charge in [0.05, 0.1) is 12.6 Å². The van der Waals surface area contributed by atoms with Crippen LogP contribution in [0.3, 0.4) is 0 Å². The molecule has 130 valence electrons. The van der Waals surface area contributed by atoms with Crippen molar-refractivity contribution in [3.63, 3.8) is 0 Å². The molecule has 7 heteroatoms. The average Bonchev–Trinajstić information content (AvgIpc) is 3.28. The molecule has 1 aliphatic rings. The van der Waals surface area contributed by atoms with Crippen LogP contribution in [-0.2, 0) is 11.3 Å². The summed E-state index contributed by atoms with van der Waals surface area (Å²) in [7, 11) is 0. The van der Waals surface area contributed by atoms with Gasteiger partial charge in [-0.25, -0.2) is 4.98 Å². The van der Waals surface area contributed by atoms with Gasteiger partial charge in [-0.1, -0.05) is 13.0 Å². The van der Waals surface area contributed by atoms with E-state index >= 15 is 0 Å². The van der Waals surface area contributed by atoms with Crippen molar-refractivity contribution in [3.8, 4) is 0 Å². The van der Waals surface area contributed by atoms with E-state index in [4.69, 9.17) is 0 Å². The topological polar surface area (TPSA) is 63.1 Å². The van der Waals surface area contributed by atoms with Gasteiger partial charge in [-0.05, 0) is 43.3 Å². The van der Waals surface area contributed by atoms with E-state index in [2.05, 4.69) is 44.7 Å². The van der Waals surface area contributed by atoms with Gasteiger partial charge in [-0.2, -0.15) is 5.10 Å². The summed E-state index contributed by atoms with van der Waals surface area (Å²) in [5.74, 6) is 0.875. The molecule has 6 nitrogen and oxygen atoms in total. The summed E-state index contributed by atoms with van der Waals surface area (Å²) in [4.78, 5) is 19.9. The second kappa shape index (κ2) is 8.39. The van der Waals surface area contributed by atoms with Crippen LogP contribution in [0.1, 0.15) is 37.1 Å². The molecule has 2 aromatic rings. The third-order valence-corrected chi connectivity index (χ3v) is 5.63. The van der Waals surface area contributed by atoms with E-state index in [9.17, 15) is 4.79 Å². The number of likely N-dealkylation sites (tertiary alicyclic amines) is 1. The first-order chi connectivity index (χ1) is 11.7. The number of nitrogens with zero attached hydrogens (tertiary/aromatic N) is 4. The highest BCUT2D eigenvalue weighted by molar-refractivity contribution is 7.10. The maximum absolute atomic E-state index is 12.2. The molecule has 1 atom stereocenters. The summed E-state index contributed by atoms with van der Waals surface area (Å²) in [5, 5.41) is 9.24. The molecule has 0 saturated carbocycles. The predicted octanol–water partition coefficient (Wildman–Crippen LogP) is 2.32. The molecule has 3 heterocycles. The van der Waals surface area contributed by atoms with Crippen molar-refractivity contribution < 1.29 is 4.79 Å². The van der Waals surface area contributed by atoms with E-state index in [-0.39, 0.29) is 11.9 Å². The lowest BCUT2D eigenvalue weighted by atomic mass is 9.97. The van der Waals surface area contributed by atoms with Gasteiger partial charge in [0.15, 0.2) is 0 Å². The molecule has 1 unspecified atom stereocenters. The van der Waals surface area contributed by atoms with Gasteiger partial charge in [-0.3, -0.25) is 14.4 Å². The standard InChI is InChI=1S/C17H25N5OS/c1-14-4-7-21(8-5-14)15(16-3-2-10-24-16)11-19-17(23)6-9-22-13-18-12-20-22/h2-3,10,12-15H,4-9,11H2,1H3,(H,19,23). The minimum absolute atomic E-state index is 0.0671. The molecule has 2 aromatic heterocycles. The zero-order valence-electron chi connectivity index (χ0n) is 14.1. The quantitative estimate of drug-likeness (QED) is 0.835. The Bertz CT molecular complexity index is 605. The van der Waals surface area contributed by atoms with E-state index in [1.807, 2.05) is 0 Å². The average molecular weight is 347 g/mol. The Morgan fingerprint density at radius 2 is 2.29 bits per heavy atom. The Kier molecular flexibility index (Phi) is 5.98. The number of carbonyl (C=O) groups excluding carboxylic acids is 1. The van der Waals surface area contributed by atoms with Crippen LogP contribution in [0.4, 0.5) is 0 Å². The number of hydrogen-bond donors (Lipinski definition) is 1. The van der Waals surface area contributed by atoms with Crippen LogP contribution in [0.5, 0.6) is 0 Å². The van der Waals surface area contributed by atoms with Crippen LogP contribution >= 0.6 is 11.3 Å². The molecule has 24 heavy (non-hydrogen) atoms. The number of aryl methyl sites for hydroxylation is 1. The maximum Gasteiger partial charge on any atom is 0.221 e. The monoisotopic (exact) mass is 347 g/mol. The third-order valence-electron chi connectivity index (χ3n) is 4.66. The number of aromatic nitrogens is 3. The lowest BCUT2D eigenvalue weighted by Crippen LogP contribution is -2.41. The Balaban J connectivity index is 1.53. The molecule has 0 bridgehead atoms. The highest BCUT2D eigenvalue weighted by Gasteiger charge is 2.25. The number of nitrogens with one attached hydrogen (secondary N) is 1. The number of amides is 1. The molecule has 1 fully saturated rings. The highest BCUT2D eigenvalue weighted by Crippen LogP contribution is 2.29. The molecule has 1 aliphatic heterocycles. The van der Waals surface area contributed by atoms with Crippen LogP contribution in [0.2, 0.25) is 0 Å². The number of rotatable bonds is 7. The van der Waals surface area contributed by atoms with E-state index in [0.29, 0.717) is 19.5 Å². The second-order valence-electron chi connectivity index (χ2n) is 6.46. The first-order valence-corrected chi connectivity index (χ1v) is 9.47. The Hall–Kier alpha value is -1.73. The van der Waals surface area contributed by atoms with E-state index in [0.717, 1.165) is 19.0 Å². The normalized spacial score (nSPS) is 17.7. The van der Waals surface area contributed by atoms with Gasteiger partial charge in [-0.15, -0.1) is 11.3 Å². The summed E-state index contributed by atoms with van der Waals surface area (Å²) < 4.78 is 1.68. The van der Waals surface area contributed by atoms with Crippen molar-refractivity contribution in [1.29, 1.82) is 0 Å². The summed E-state index contributed by atoms with van der Waals surface area (Å²) in [6.07, 6.45) is 6.03. The lowest BCUT2D eigenvalue weighted by Gasteiger charge is -2.36. The molecule has 0 radical (unpaired) electrons. The molecule has 0 aromatic carbocycles. The van der Waals surface area contributed by atoms with Gasteiger partial charge >= 0.3 is 0 Å². The van der Waals surface area contributed by atoms with Gasteiger partial charge in [0.1, 0.15) is 12.7 Å². The SMILES string of the molecule is CC1CCN(C(CNC(=O)CCn2cncn2)c2cccs2)CC1.